The molecule has 0 atom stereocenters. The average molecular weight is 418 g/mol. The normalized spacial score (nSPS) is 11.3. The van der Waals surface area contributed by atoms with Gasteiger partial charge in [-0.05, 0) is 38.1 Å². The van der Waals surface area contributed by atoms with E-state index in [2.05, 4.69) is 66.4 Å². The molecule has 0 aliphatic carbocycles. The van der Waals surface area contributed by atoms with Crippen LogP contribution in [0, 0.1) is 13.8 Å². The highest BCUT2D eigenvalue weighted by Crippen LogP contribution is 2.09. The second-order valence-electron chi connectivity index (χ2n) is 5.31. The molecule has 0 saturated carbocycles. The molecule has 0 amide bonds. The van der Waals surface area contributed by atoms with Crippen molar-refractivity contribution in [2.75, 3.05) is 33.2 Å². The molecule has 1 aromatic carbocycles. The van der Waals surface area contributed by atoms with Crippen LogP contribution in [0.1, 0.15) is 30.5 Å². The number of rotatable bonds is 7. The topological polar surface area (TPSA) is 39.7 Å². The zero-order valence-corrected chi connectivity index (χ0v) is 16.9. The number of aryl methyl sites for hydroxylation is 2. The number of hydrogen-bond donors (Lipinski definition) is 2. The third kappa shape index (κ3) is 7.45. The van der Waals surface area contributed by atoms with Gasteiger partial charge in [0.2, 0.25) is 0 Å². The van der Waals surface area contributed by atoms with Crippen molar-refractivity contribution in [3.05, 3.63) is 34.9 Å². The summed E-state index contributed by atoms with van der Waals surface area (Å²) in [6, 6.07) is 6.55. The lowest BCUT2D eigenvalue weighted by atomic mass is 10.1. The van der Waals surface area contributed by atoms with Gasteiger partial charge in [0.05, 0.1) is 0 Å². The van der Waals surface area contributed by atoms with Crippen LogP contribution in [0.25, 0.3) is 0 Å². The van der Waals surface area contributed by atoms with Crippen molar-refractivity contribution in [1.82, 2.24) is 15.5 Å². The second-order valence-corrected chi connectivity index (χ2v) is 5.31. The third-order valence-electron chi connectivity index (χ3n) is 3.78. The molecule has 0 spiro atoms. The maximum atomic E-state index is 4.27. The Morgan fingerprint density at radius 3 is 2.36 bits per heavy atom. The number of halogens is 1. The molecule has 0 aromatic heterocycles. The molecule has 1 aromatic rings. The average Bonchev–Trinajstić information content (AvgIpc) is 2.48. The van der Waals surface area contributed by atoms with Crippen molar-refractivity contribution in [2.24, 2.45) is 4.99 Å². The van der Waals surface area contributed by atoms with Crippen LogP contribution in [0.5, 0.6) is 0 Å². The first-order valence-electron chi connectivity index (χ1n) is 7.83. The Balaban J connectivity index is 0.00000441. The molecular weight excluding hydrogens is 387 g/mol. The summed E-state index contributed by atoms with van der Waals surface area (Å²) in [5.41, 5.74) is 3.94. The Labute approximate surface area is 152 Å². The standard InChI is InChI=1S/C17H30N4.HI/c1-6-21(7-2)11-10-19-17(18-5)20-13-16-9-8-14(3)12-15(16)4;/h8-9,12H,6-7,10-11,13H2,1-5H3,(H2,18,19,20);1H. The van der Waals surface area contributed by atoms with Gasteiger partial charge in [-0.2, -0.15) is 0 Å². The first-order valence-corrected chi connectivity index (χ1v) is 7.83. The third-order valence-corrected chi connectivity index (χ3v) is 3.78. The predicted molar refractivity (Wildman–Crippen MR) is 107 cm³/mol. The number of nitrogens with zero attached hydrogens (tertiary/aromatic N) is 2. The van der Waals surface area contributed by atoms with Gasteiger partial charge in [-0.3, -0.25) is 4.99 Å². The van der Waals surface area contributed by atoms with E-state index in [1.54, 1.807) is 0 Å². The summed E-state index contributed by atoms with van der Waals surface area (Å²) in [7, 11) is 1.81. The van der Waals surface area contributed by atoms with Gasteiger partial charge in [-0.15, -0.1) is 24.0 Å². The van der Waals surface area contributed by atoms with E-state index in [0.717, 1.165) is 38.7 Å². The molecule has 126 valence electrons. The largest absolute Gasteiger partial charge is 0.355 e. The van der Waals surface area contributed by atoms with Crippen LogP contribution in [0.3, 0.4) is 0 Å². The molecule has 1 rings (SSSR count). The minimum atomic E-state index is 0. The number of guanidine groups is 1. The predicted octanol–water partition coefficient (Wildman–Crippen LogP) is 2.93. The highest BCUT2D eigenvalue weighted by atomic mass is 127. The molecule has 5 heteroatoms. The molecule has 0 bridgehead atoms. The zero-order valence-electron chi connectivity index (χ0n) is 14.6. The van der Waals surface area contributed by atoms with Gasteiger partial charge in [-0.1, -0.05) is 37.6 Å². The van der Waals surface area contributed by atoms with E-state index in [1.165, 1.54) is 16.7 Å². The fourth-order valence-electron chi connectivity index (χ4n) is 2.32. The van der Waals surface area contributed by atoms with Crippen molar-refractivity contribution in [3.8, 4) is 0 Å². The van der Waals surface area contributed by atoms with E-state index in [9.17, 15) is 0 Å². The van der Waals surface area contributed by atoms with Crippen LogP contribution in [0.4, 0.5) is 0 Å². The molecule has 0 unspecified atom stereocenters. The molecule has 0 aliphatic heterocycles. The van der Waals surface area contributed by atoms with Crippen molar-refractivity contribution in [3.63, 3.8) is 0 Å². The van der Waals surface area contributed by atoms with Gasteiger partial charge in [0.15, 0.2) is 5.96 Å². The van der Waals surface area contributed by atoms with E-state index in [1.807, 2.05) is 7.05 Å². The fraction of sp³-hybridized carbons (Fsp3) is 0.588. The number of nitrogens with one attached hydrogen (secondary N) is 2. The Kier molecular flexibility index (Phi) is 11.3. The summed E-state index contributed by atoms with van der Waals surface area (Å²) in [5, 5.41) is 6.74. The van der Waals surface area contributed by atoms with E-state index in [-0.39, 0.29) is 24.0 Å². The SMILES string of the molecule is CCN(CC)CCNC(=NC)NCc1ccc(C)cc1C.I. The maximum absolute atomic E-state index is 4.27. The molecular formula is C17H31IN4. The van der Waals surface area contributed by atoms with Crippen molar-refractivity contribution >= 4 is 29.9 Å². The molecule has 2 N–H and O–H groups in total. The highest BCUT2D eigenvalue weighted by Gasteiger charge is 2.02. The van der Waals surface area contributed by atoms with Crippen LogP contribution in [0.2, 0.25) is 0 Å². The molecule has 0 radical (unpaired) electrons. The number of likely N-dealkylation sites (N-methyl/N-ethyl adjacent to an activating group) is 1. The van der Waals surface area contributed by atoms with Crippen molar-refractivity contribution in [2.45, 2.75) is 34.2 Å². The van der Waals surface area contributed by atoms with Gasteiger partial charge in [0, 0.05) is 26.7 Å². The second kappa shape index (κ2) is 11.7. The molecule has 0 heterocycles. The van der Waals surface area contributed by atoms with Gasteiger partial charge >= 0.3 is 0 Å². The van der Waals surface area contributed by atoms with E-state index in [4.69, 9.17) is 0 Å². The molecule has 4 nitrogen and oxygen atoms in total. The number of hydrogen-bond acceptors (Lipinski definition) is 2. The molecule has 22 heavy (non-hydrogen) atoms. The Bertz CT molecular complexity index is 456. The highest BCUT2D eigenvalue weighted by molar-refractivity contribution is 14.0. The lowest BCUT2D eigenvalue weighted by Crippen LogP contribution is -2.41. The summed E-state index contributed by atoms with van der Waals surface area (Å²) < 4.78 is 0. The van der Waals surface area contributed by atoms with Crippen molar-refractivity contribution in [1.29, 1.82) is 0 Å². The minimum absolute atomic E-state index is 0. The smallest absolute Gasteiger partial charge is 0.191 e. The monoisotopic (exact) mass is 418 g/mol. The lowest BCUT2D eigenvalue weighted by molar-refractivity contribution is 0.308. The van der Waals surface area contributed by atoms with Gasteiger partial charge in [0.1, 0.15) is 0 Å². The van der Waals surface area contributed by atoms with Crippen LogP contribution in [-0.2, 0) is 6.54 Å². The van der Waals surface area contributed by atoms with Crippen LogP contribution in [0.15, 0.2) is 23.2 Å². The Morgan fingerprint density at radius 2 is 1.82 bits per heavy atom. The van der Waals surface area contributed by atoms with Crippen LogP contribution in [-0.4, -0.2) is 44.1 Å². The summed E-state index contributed by atoms with van der Waals surface area (Å²) >= 11 is 0. The van der Waals surface area contributed by atoms with E-state index >= 15 is 0 Å². The Hall–Kier alpha value is -0.820. The van der Waals surface area contributed by atoms with Gasteiger partial charge in [-0.25, -0.2) is 0 Å². The number of benzene rings is 1. The molecule has 0 aliphatic rings. The summed E-state index contributed by atoms with van der Waals surface area (Å²) in [6.07, 6.45) is 0. The van der Waals surface area contributed by atoms with Crippen LogP contribution >= 0.6 is 24.0 Å². The molecule has 0 fully saturated rings. The summed E-state index contributed by atoms with van der Waals surface area (Å²) in [5.74, 6) is 0.863. The Morgan fingerprint density at radius 1 is 1.14 bits per heavy atom. The fourth-order valence-corrected chi connectivity index (χ4v) is 2.32. The lowest BCUT2D eigenvalue weighted by Gasteiger charge is -2.19. The summed E-state index contributed by atoms with van der Waals surface area (Å²) in [4.78, 5) is 6.67. The van der Waals surface area contributed by atoms with E-state index < -0.39 is 0 Å². The van der Waals surface area contributed by atoms with Crippen LogP contribution < -0.4 is 10.6 Å². The van der Waals surface area contributed by atoms with Gasteiger partial charge in [0.25, 0.3) is 0 Å². The van der Waals surface area contributed by atoms with E-state index in [0.29, 0.717) is 0 Å². The first kappa shape index (κ1) is 21.2. The first-order chi connectivity index (χ1) is 10.1. The molecule has 0 saturated heterocycles. The summed E-state index contributed by atoms with van der Waals surface area (Å²) in [6.45, 7) is 13.6. The quantitative estimate of drug-likeness (QED) is 0.407. The van der Waals surface area contributed by atoms with Gasteiger partial charge < -0.3 is 15.5 Å². The number of aliphatic imine (C=N–C) groups is 1. The minimum Gasteiger partial charge on any atom is -0.355 e. The maximum Gasteiger partial charge on any atom is 0.191 e. The van der Waals surface area contributed by atoms with Crippen molar-refractivity contribution < 1.29 is 0 Å². The zero-order chi connectivity index (χ0) is 15.7.